The van der Waals surface area contributed by atoms with E-state index in [1.54, 1.807) is 6.20 Å². The number of pyridine rings is 1. The van der Waals surface area contributed by atoms with E-state index >= 15 is 0 Å². The van der Waals surface area contributed by atoms with Crippen molar-refractivity contribution in [1.29, 1.82) is 0 Å². The first-order valence-electron chi connectivity index (χ1n) is 8.92. The molecule has 2 heterocycles. The predicted octanol–water partition coefficient (Wildman–Crippen LogP) is 4.80. The number of nitrogens with zero attached hydrogens (tertiary/aromatic N) is 2. The van der Waals surface area contributed by atoms with Gasteiger partial charge in [-0.15, -0.1) is 0 Å². The maximum Gasteiger partial charge on any atom is 0.253 e. The van der Waals surface area contributed by atoms with Crippen LogP contribution >= 0.6 is 15.9 Å². The number of amides is 1. The molecule has 0 spiro atoms. The van der Waals surface area contributed by atoms with Crippen LogP contribution in [0.5, 0.6) is 5.88 Å². The molecule has 0 radical (unpaired) electrons. The average Bonchev–Trinajstić information content (AvgIpc) is 3.18. The van der Waals surface area contributed by atoms with Crippen molar-refractivity contribution in [3.05, 3.63) is 83.0 Å². The van der Waals surface area contributed by atoms with E-state index in [0.717, 1.165) is 22.0 Å². The summed E-state index contributed by atoms with van der Waals surface area (Å²) in [6, 6.07) is 21.7. The van der Waals surface area contributed by atoms with E-state index in [0.29, 0.717) is 24.5 Å². The molecule has 27 heavy (non-hydrogen) atoms. The van der Waals surface area contributed by atoms with Crippen molar-refractivity contribution in [3.63, 3.8) is 0 Å². The lowest BCUT2D eigenvalue weighted by Gasteiger charge is -2.17. The van der Waals surface area contributed by atoms with Crippen LogP contribution in [0.3, 0.4) is 0 Å². The van der Waals surface area contributed by atoms with E-state index in [1.807, 2.05) is 59.5 Å². The Balaban J connectivity index is 1.39. The zero-order valence-corrected chi connectivity index (χ0v) is 16.3. The van der Waals surface area contributed by atoms with Crippen molar-refractivity contribution in [2.45, 2.75) is 12.5 Å². The van der Waals surface area contributed by atoms with Crippen LogP contribution < -0.4 is 4.74 Å². The summed E-state index contributed by atoms with van der Waals surface area (Å²) in [4.78, 5) is 18.9. The monoisotopic (exact) mass is 422 g/mol. The third-order valence-corrected chi connectivity index (χ3v) is 5.13. The zero-order chi connectivity index (χ0) is 18.6. The average molecular weight is 423 g/mol. The molecule has 1 amide bonds. The van der Waals surface area contributed by atoms with Crippen molar-refractivity contribution in [2.75, 3.05) is 13.1 Å². The normalized spacial score (nSPS) is 16.3. The predicted molar refractivity (Wildman–Crippen MR) is 109 cm³/mol. The fourth-order valence-corrected chi connectivity index (χ4v) is 3.46. The van der Waals surface area contributed by atoms with Crippen LogP contribution in [-0.2, 0) is 0 Å². The van der Waals surface area contributed by atoms with Gasteiger partial charge >= 0.3 is 0 Å². The van der Waals surface area contributed by atoms with Crippen molar-refractivity contribution < 1.29 is 9.53 Å². The molecule has 0 saturated carbocycles. The minimum absolute atomic E-state index is 0.0220. The Bertz CT molecular complexity index is 911. The Labute approximate surface area is 166 Å². The number of carbonyl (C=O) groups is 1. The van der Waals surface area contributed by atoms with Gasteiger partial charge in [0.1, 0.15) is 6.10 Å². The quantitative estimate of drug-likeness (QED) is 0.605. The highest BCUT2D eigenvalue weighted by Gasteiger charge is 2.28. The van der Waals surface area contributed by atoms with E-state index in [-0.39, 0.29) is 12.0 Å². The SMILES string of the molecule is O=C(c1ccc(-c2ccccc2)cc1)N1CCC(Oc2ccc(Br)cn2)C1. The summed E-state index contributed by atoms with van der Waals surface area (Å²) in [5, 5.41) is 0. The largest absolute Gasteiger partial charge is 0.472 e. The topological polar surface area (TPSA) is 42.4 Å². The minimum atomic E-state index is -0.0220. The van der Waals surface area contributed by atoms with Crippen LogP contribution in [0.25, 0.3) is 11.1 Å². The zero-order valence-electron chi connectivity index (χ0n) is 14.7. The second kappa shape index (κ2) is 7.92. The van der Waals surface area contributed by atoms with Gasteiger partial charge < -0.3 is 9.64 Å². The lowest BCUT2D eigenvalue weighted by Crippen LogP contribution is -2.31. The van der Waals surface area contributed by atoms with E-state index in [9.17, 15) is 4.79 Å². The Morgan fingerprint density at radius 3 is 2.44 bits per heavy atom. The van der Waals surface area contributed by atoms with Crippen molar-refractivity contribution >= 4 is 21.8 Å². The molecule has 0 bridgehead atoms. The number of hydrogen-bond acceptors (Lipinski definition) is 3. The smallest absolute Gasteiger partial charge is 0.253 e. The van der Waals surface area contributed by atoms with Gasteiger partial charge in [-0.25, -0.2) is 4.98 Å². The lowest BCUT2D eigenvalue weighted by atomic mass is 10.0. The van der Waals surface area contributed by atoms with Gasteiger partial charge in [0.25, 0.3) is 5.91 Å². The van der Waals surface area contributed by atoms with E-state index < -0.39 is 0 Å². The summed E-state index contributed by atoms with van der Waals surface area (Å²) in [6.45, 7) is 1.28. The van der Waals surface area contributed by atoms with Crippen LogP contribution in [0.15, 0.2) is 77.4 Å². The van der Waals surface area contributed by atoms with Crippen molar-refractivity contribution in [3.8, 4) is 17.0 Å². The fourth-order valence-electron chi connectivity index (χ4n) is 3.23. The Hall–Kier alpha value is -2.66. The van der Waals surface area contributed by atoms with E-state index in [4.69, 9.17) is 4.74 Å². The first kappa shape index (κ1) is 17.7. The molecule has 136 valence electrons. The summed E-state index contributed by atoms with van der Waals surface area (Å²) in [5.41, 5.74) is 2.96. The standard InChI is InChI=1S/C22H19BrN2O2/c23-19-10-11-21(24-14-19)27-20-12-13-25(15-20)22(26)18-8-6-17(7-9-18)16-4-2-1-3-5-16/h1-11,14,20H,12-13,15H2. The number of likely N-dealkylation sites (tertiary alicyclic amines) is 1. The highest BCUT2D eigenvalue weighted by molar-refractivity contribution is 9.10. The number of ether oxygens (including phenoxy) is 1. The lowest BCUT2D eigenvalue weighted by molar-refractivity contribution is 0.0771. The molecule has 0 N–H and O–H groups in total. The first-order chi connectivity index (χ1) is 13.2. The third kappa shape index (κ3) is 4.19. The van der Waals surface area contributed by atoms with Crippen molar-refractivity contribution in [1.82, 2.24) is 9.88 Å². The van der Waals surface area contributed by atoms with Crippen LogP contribution in [0.2, 0.25) is 0 Å². The van der Waals surface area contributed by atoms with Gasteiger partial charge in [-0.05, 0) is 45.3 Å². The molecule has 3 aromatic rings. The fraction of sp³-hybridized carbons (Fsp3) is 0.182. The molecule has 0 aliphatic carbocycles. The molecule has 1 aliphatic rings. The first-order valence-corrected chi connectivity index (χ1v) is 9.71. The number of halogens is 1. The second-order valence-electron chi connectivity index (χ2n) is 6.54. The van der Waals surface area contributed by atoms with Gasteiger partial charge in [0.05, 0.1) is 6.54 Å². The molecule has 4 nitrogen and oxygen atoms in total. The van der Waals surface area contributed by atoms with Crippen LogP contribution in [0.4, 0.5) is 0 Å². The molecule has 1 aliphatic heterocycles. The van der Waals surface area contributed by atoms with Gasteiger partial charge in [0, 0.05) is 35.3 Å². The van der Waals surface area contributed by atoms with Gasteiger partial charge in [-0.1, -0.05) is 42.5 Å². The highest BCUT2D eigenvalue weighted by Crippen LogP contribution is 2.22. The van der Waals surface area contributed by atoms with Gasteiger partial charge in [-0.2, -0.15) is 0 Å². The molecular formula is C22H19BrN2O2. The van der Waals surface area contributed by atoms with Crippen LogP contribution in [0.1, 0.15) is 16.8 Å². The molecule has 1 fully saturated rings. The number of carbonyl (C=O) groups excluding carboxylic acids is 1. The van der Waals surface area contributed by atoms with Crippen LogP contribution in [0, 0.1) is 0 Å². The molecular weight excluding hydrogens is 404 g/mol. The van der Waals surface area contributed by atoms with Crippen LogP contribution in [-0.4, -0.2) is 35.0 Å². The van der Waals surface area contributed by atoms with Gasteiger partial charge in [0.15, 0.2) is 0 Å². The maximum atomic E-state index is 12.8. The summed E-state index contributed by atoms with van der Waals surface area (Å²) in [7, 11) is 0. The molecule has 4 rings (SSSR count). The molecule has 2 aromatic carbocycles. The Morgan fingerprint density at radius 1 is 1.00 bits per heavy atom. The molecule has 5 heteroatoms. The number of hydrogen-bond donors (Lipinski definition) is 0. The molecule has 1 unspecified atom stereocenters. The number of benzene rings is 2. The molecule has 1 aromatic heterocycles. The van der Waals surface area contributed by atoms with Gasteiger partial charge in [0.2, 0.25) is 5.88 Å². The van der Waals surface area contributed by atoms with E-state index in [2.05, 4.69) is 33.0 Å². The highest BCUT2D eigenvalue weighted by atomic mass is 79.9. The van der Waals surface area contributed by atoms with Crippen molar-refractivity contribution in [2.24, 2.45) is 0 Å². The van der Waals surface area contributed by atoms with Gasteiger partial charge in [-0.3, -0.25) is 4.79 Å². The third-order valence-electron chi connectivity index (χ3n) is 4.66. The van der Waals surface area contributed by atoms with E-state index in [1.165, 1.54) is 0 Å². The summed E-state index contributed by atoms with van der Waals surface area (Å²) >= 11 is 3.36. The number of rotatable bonds is 4. The number of aromatic nitrogens is 1. The summed E-state index contributed by atoms with van der Waals surface area (Å²) in [5.74, 6) is 0.634. The second-order valence-corrected chi connectivity index (χ2v) is 7.45. The minimum Gasteiger partial charge on any atom is -0.472 e. The maximum absolute atomic E-state index is 12.8. The summed E-state index contributed by atoms with van der Waals surface area (Å²) < 4.78 is 6.81. The Morgan fingerprint density at radius 2 is 1.74 bits per heavy atom. The Kier molecular flexibility index (Phi) is 5.21. The molecule has 1 atom stereocenters. The summed E-state index contributed by atoms with van der Waals surface area (Å²) in [6.07, 6.45) is 2.50. The molecule has 1 saturated heterocycles.